The highest BCUT2D eigenvalue weighted by Gasteiger charge is 2.25. The predicted molar refractivity (Wildman–Crippen MR) is 216 cm³/mol. The van der Waals surface area contributed by atoms with Gasteiger partial charge in [-0.1, -0.05) is 115 Å². The van der Waals surface area contributed by atoms with Gasteiger partial charge in [-0.15, -0.1) is 11.3 Å². The monoisotopic (exact) mass is 679 g/mol. The molecule has 0 spiro atoms. The lowest BCUT2D eigenvalue weighted by atomic mass is 9.99. The van der Waals surface area contributed by atoms with Crippen molar-refractivity contribution in [3.8, 4) is 56.4 Å². The third kappa shape index (κ3) is 3.94. The number of aromatic nitrogens is 3. The molecule has 0 atom stereocenters. The maximum Gasteiger partial charge on any atom is 0.167 e. The number of thiophene rings is 1. The Balaban J connectivity index is 1.13. The molecule has 0 amide bonds. The maximum atomic E-state index is 6.50. The highest BCUT2D eigenvalue weighted by atomic mass is 32.1. The van der Waals surface area contributed by atoms with E-state index in [1.165, 1.54) is 53.2 Å². The Morgan fingerprint density at radius 1 is 0.385 bits per heavy atom. The third-order valence-corrected chi connectivity index (χ3v) is 11.8. The van der Waals surface area contributed by atoms with Crippen molar-refractivity contribution in [1.82, 2.24) is 15.0 Å². The Morgan fingerprint density at radius 2 is 1.04 bits per heavy atom. The first-order chi connectivity index (χ1) is 25.7. The number of hydrogen-bond donors (Lipinski definition) is 0. The van der Waals surface area contributed by atoms with Crippen LogP contribution in [0.5, 0.6) is 0 Å². The molecule has 3 aromatic heterocycles. The Morgan fingerprint density at radius 3 is 1.92 bits per heavy atom. The lowest BCUT2D eigenvalue weighted by Crippen LogP contribution is -2.00. The number of nitrogens with zero attached hydrogens (tertiary/aromatic N) is 3. The highest BCUT2D eigenvalue weighted by Crippen LogP contribution is 2.51. The second-order valence-corrected chi connectivity index (χ2v) is 14.6. The number of furan rings is 1. The molecule has 12 rings (SSSR count). The number of para-hydroxylation sites is 2. The molecule has 1 aliphatic carbocycles. The van der Waals surface area contributed by atoms with Crippen LogP contribution in [0.4, 0.5) is 0 Å². The van der Waals surface area contributed by atoms with Crippen LogP contribution in [0.3, 0.4) is 0 Å². The molecule has 240 valence electrons. The second kappa shape index (κ2) is 10.4. The third-order valence-electron chi connectivity index (χ3n) is 10.6. The van der Waals surface area contributed by atoms with Crippen LogP contribution >= 0.6 is 11.3 Å². The summed E-state index contributed by atoms with van der Waals surface area (Å²) in [6.07, 6.45) is 0. The molecular weight excluding hydrogens is 655 g/mol. The van der Waals surface area contributed by atoms with Crippen molar-refractivity contribution in [1.29, 1.82) is 0 Å². The van der Waals surface area contributed by atoms with Crippen LogP contribution < -0.4 is 0 Å². The van der Waals surface area contributed by atoms with Crippen molar-refractivity contribution >= 4 is 75.0 Å². The maximum absolute atomic E-state index is 6.50. The topological polar surface area (TPSA) is 51.8 Å². The molecule has 52 heavy (non-hydrogen) atoms. The van der Waals surface area contributed by atoms with E-state index in [9.17, 15) is 0 Å². The summed E-state index contributed by atoms with van der Waals surface area (Å²) in [5.74, 6) is 1.84. The number of hydrogen-bond acceptors (Lipinski definition) is 5. The number of rotatable bonds is 3. The molecule has 0 saturated carbocycles. The van der Waals surface area contributed by atoms with E-state index in [1.54, 1.807) is 0 Å². The first-order valence-electron chi connectivity index (χ1n) is 17.4. The van der Waals surface area contributed by atoms with Gasteiger partial charge in [0.15, 0.2) is 17.5 Å². The molecular formula is C47H25N3OS. The molecule has 0 saturated heterocycles. The Labute approximate surface area is 301 Å². The summed E-state index contributed by atoms with van der Waals surface area (Å²) in [6, 6.07) is 53.7. The van der Waals surface area contributed by atoms with E-state index in [4.69, 9.17) is 19.4 Å². The molecule has 11 aromatic rings. The fraction of sp³-hybridized carbons (Fsp3) is 0. The van der Waals surface area contributed by atoms with Crippen molar-refractivity contribution < 1.29 is 4.42 Å². The van der Waals surface area contributed by atoms with Gasteiger partial charge in [0.05, 0.1) is 5.56 Å². The quantitative estimate of drug-likeness (QED) is 0.186. The lowest BCUT2D eigenvalue weighted by Gasteiger charge is -2.11. The predicted octanol–water partition coefficient (Wildman–Crippen LogP) is 13.1. The van der Waals surface area contributed by atoms with Crippen LogP contribution in [-0.4, -0.2) is 15.0 Å². The summed E-state index contributed by atoms with van der Waals surface area (Å²) >= 11 is 1.83. The molecule has 0 fully saturated rings. The van der Waals surface area contributed by atoms with Gasteiger partial charge in [0.1, 0.15) is 11.2 Å². The van der Waals surface area contributed by atoms with Crippen molar-refractivity contribution in [2.75, 3.05) is 0 Å². The zero-order valence-corrected chi connectivity index (χ0v) is 28.4. The molecule has 0 bridgehead atoms. The number of fused-ring (bicyclic) bond motifs is 10. The zero-order valence-electron chi connectivity index (χ0n) is 27.6. The summed E-state index contributed by atoms with van der Waals surface area (Å²) in [6.45, 7) is 0. The Bertz CT molecular complexity index is 3310. The zero-order chi connectivity index (χ0) is 33.9. The molecule has 0 aliphatic heterocycles. The van der Waals surface area contributed by atoms with E-state index in [0.717, 1.165) is 49.4 Å². The van der Waals surface area contributed by atoms with E-state index < -0.39 is 0 Å². The normalized spacial score (nSPS) is 12.2. The lowest BCUT2D eigenvalue weighted by molar-refractivity contribution is 0.669. The Hall–Kier alpha value is -6.69. The van der Waals surface area contributed by atoms with Gasteiger partial charge in [0.25, 0.3) is 0 Å². The second-order valence-electron chi connectivity index (χ2n) is 13.5. The molecule has 0 radical (unpaired) electrons. The number of benzene rings is 8. The van der Waals surface area contributed by atoms with Crippen LogP contribution in [-0.2, 0) is 0 Å². The van der Waals surface area contributed by atoms with Crippen LogP contribution in [0, 0.1) is 0 Å². The van der Waals surface area contributed by atoms with Crippen LogP contribution in [0.2, 0.25) is 0 Å². The van der Waals surface area contributed by atoms with E-state index in [-0.39, 0.29) is 0 Å². The van der Waals surface area contributed by atoms with Crippen LogP contribution in [0.1, 0.15) is 0 Å². The van der Waals surface area contributed by atoms with Crippen molar-refractivity contribution in [2.24, 2.45) is 0 Å². The largest absolute Gasteiger partial charge is 0.455 e. The Kier molecular flexibility index (Phi) is 5.62. The highest BCUT2D eigenvalue weighted by molar-refractivity contribution is 7.26. The van der Waals surface area contributed by atoms with Gasteiger partial charge in [-0.2, -0.15) is 0 Å². The van der Waals surface area contributed by atoms with Gasteiger partial charge < -0.3 is 4.42 Å². The summed E-state index contributed by atoms with van der Waals surface area (Å²) in [5, 5.41) is 9.42. The van der Waals surface area contributed by atoms with Gasteiger partial charge in [-0.05, 0) is 80.2 Å². The first-order valence-corrected chi connectivity index (χ1v) is 18.2. The molecule has 0 unspecified atom stereocenters. The SMILES string of the molecule is c1ccc2cc(-c3nc(-c4cccc5c4oc4ccccc45)nc(-c4cccc5sc6cc7c(cc6c45)-c4cccc5cccc-7c45)n3)ccc2c1. The van der Waals surface area contributed by atoms with E-state index in [0.29, 0.717) is 17.5 Å². The van der Waals surface area contributed by atoms with Crippen molar-refractivity contribution in [2.45, 2.75) is 0 Å². The molecule has 5 heteroatoms. The van der Waals surface area contributed by atoms with E-state index >= 15 is 0 Å². The molecule has 1 aliphatic rings. The minimum absolute atomic E-state index is 0.581. The minimum Gasteiger partial charge on any atom is -0.455 e. The fourth-order valence-electron chi connectivity index (χ4n) is 8.29. The van der Waals surface area contributed by atoms with Crippen molar-refractivity contribution in [3.05, 3.63) is 152 Å². The summed E-state index contributed by atoms with van der Waals surface area (Å²) in [4.78, 5) is 15.7. The fourth-order valence-corrected chi connectivity index (χ4v) is 9.44. The first kappa shape index (κ1) is 28.1. The van der Waals surface area contributed by atoms with Gasteiger partial charge in [-0.3, -0.25) is 0 Å². The molecule has 3 heterocycles. The van der Waals surface area contributed by atoms with Gasteiger partial charge in [0, 0.05) is 42.1 Å². The summed E-state index contributed by atoms with van der Waals surface area (Å²) in [7, 11) is 0. The van der Waals surface area contributed by atoms with Crippen molar-refractivity contribution in [3.63, 3.8) is 0 Å². The standard InChI is InChI=1S/C47H25N3OS/c1-2-10-28-23-29(22-21-26(28)9-1)45-48-46(50-47(49-45)35-18-7-16-33-30-13-3-4-19-39(30)51-44(33)35)34-17-8-20-40-43(34)38-24-36-31-14-5-11-27-12-6-15-32(42(27)31)37(36)25-41(38)52-40/h1-25H. The van der Waals surface area contributed by atoms with Crippen LogP contribution in [0.25, 0.3) is 120 Å². The average molecular weight is 680 g/mol. The van der Waals surface area contributed by atoms with E-state index in [2.05, 4.69) is 133 Å². The smallest absolute Gasteiger partial charge is 0.167 e. The van der Waals surface area contributed by atoms with E-state index in [1.807, 2.05) is 29.5 Å². The average Bonchev–Trinajstić information content (AvgIpc) is 3.87. The summed E-state index contributed by atoms with van der Waals surface area (Å²) < 4.78 is 8.95. The minimum atomic E-state index is 0.581. The van der Waals surface area contributed by atoms with Crippen LogP contribution in [0.15, 0.2) is 156 Å². The van der Waals surface area contributed by atoms with Gasteiger partial charge in [-0.25, -0.2) is 15.0 Å². The molecule has 4 nitrogen and oxygen atoms in total. The molecule has 0 N–H and O–H groups in total. The summed E-state index contributed by atoms with van der Waals surface area (Å²) in [5.41, 5.74) is 9.55. The molecule has 8 aromatic carbocycles. The van der Waals surface area contributed by atoms with Gasteiger partial charge in [0.2, 0.25) is 0 Å². The van der Waals surface area contributed by atoms with Gasteiger partial charge >= 0.3 is 0 Å².